The first-order valence-electron chi connectivity index (χ1n) is 7.80. The van der Waals surface area contributed by atoms with Crippen molar-refractivity contribution in [1.82, 2.24) is 0 Å². The maximum atomic E-state index is 11.9. The Balaban J connectivity index is 1.69. The number of methoxy groups -OCH3 is 2. The molecule has 0 atom stereocenters. The van der Waals surface area contributed by atoms with Crippen molar-refractivity contribution in [2.75, 3.05) is 14.2 Å². The Hall–Kier alpha value is -3.27. The summed E-state index contributed by atoms with van der Waals surface area (Å²) in [5.74, 6) is 1.57. The van der Waals surface area contributed by atoms with Gasteiger partial charge in [-0.2, -0.15) is 0 Å². The first kappa shape index (κ1) is 16.6. The van der Waals surface area contributed by atoms with E-state index in [-0.39, 0.29) is 0 Å². The summed E-state index contributed by atoms with van der Waals surface area (Å²) in [4.78, 5) is 11.9. The highest BCUT2D eigenvalue weighted by molar-refractivity contribution is 5.91. The maximum absolute atomic E-state index is 11.9. The molecular formula is C21H18O4. The van der Waals surface area contributed by atoms with E-state index in [1.807, 2.05) is 36.4 Å². The largest absolute Gasteiger partial charge is 0.497 e. The number of hydrogen-bond donors (Lipinski definition) is 0. The van der Waals surface area contributed by atoms with Crippen molar-refractivity contribution in [1.29, 1.82) is 0 Å². The van der Waals surface area contributed by atoms with Gasteiger partial charge in [-0.1, -0.05) is 18.2 Å². The zero-order valence-corrected chi connectivity index (χ0v) is 14.1. The van der Waals surface area contributed by atoms with Crippen LogP contribution in [0.25, 0.3) is 16.8 Å². The maximum Gasteiger partial charge on any atom is 0.336 e. The van der Waals surface area contributed by atoms with Gasteiger partial charge < -0.3 is 14.2 Å². The van der Waals surface area contributed by atoms with E-state index in [4.69, 9.17) is 14.2 Å². The number of fused-ring (bicyclic) bond motifs is 1. The van der Waals surface area contributed by atoms with Crippen molar-refractivity contribution in [2.24, 2.45) is 0 Å². The van der Waals surface area contributed by atoms with Crippen LogP contribution in [-0.4, -0.2) is 20.2 Å². The fourth-order valence-electron chi connectivity index (χ4n) is 2.43. The van der Waals surface area contributed by atoms with Crippen molar-refractivity contribution < 1.29 is 19.0 Å². The summed E-state index contributed by atoms with van der Waals surface area (Å²) >= 11 is 0. The fourth-order valence-corrected chi connectivity index (χ4v) is 2.43. The van der Waals surface area contributed by atoms with Gasteiger partial charge in [0.15, 0.2) is 0 Å². The molecule has 0 bridgehead atoms. The summed E-state index contributed by atoms with van der Waals surface area (Å²) in [6.07, 6.45) is 3.14. The van der Waals surface area contributed by atoms with Gasteiger partial charge in [0.25, 0.3) is 0 Å². The summed E-state index contributed by atoms with van der Waals surface area (Å²) in [7, 11) is 3.23. The molecular weight excluding hydrogens is 316 g/mol. The van der Waals surface area contributed by atoms with Crippen LogP contribution >= 0.6 is 0 Å². The molecule has 0 saturated carbocycles. The molecule has 0 aliphatic heterocycles. The molecule has 0 unspecified atom stereocenters. The summed E-state index contributed by atoms with van der Waals surface area (Å²) < 4.78 is 15.5. The average molecular weight is 334 g/mol. The molecule has 4 nitrogen and oxygen atoms in total. The molecule has 0 radical (unpaired) electrons. The van der Waals surface area contributed by atoms with Gasteiger partial charge in [0.2, 0.25) is 0 Å². The third-order valence-electron chi connectivity index (χ3n) is 3.76. The Bertz CT molecular complexity index is 911. The zero-order valence-electron chi connectivity index (χ0n) is 14.1. The lowest BCUT2D eigenvalue weighted by Crippen LogP contribution is -2.03. The van der Waals surface area contributed by atoms with Gasteiger partial charge in [0.05, 0.1) is 14.2 Å². The molecule has 0 aromatic heterocycles. The Kier molecular flexibility index (Phi) is 5.00. The van der Waals surface area contributed by atoms with E-state index in [1.165, 1.54) is 6.08 Å². The number of esters is 1. The van der Waals surface area contributed by atoms with Crippen LogP contribution < -0.4 is 14.2 Å². The number of ether oxygens (including phenoxy) is 3. The Morgan fingerprint density at radius 1 is 0.760 bits per heavy atom. The molecule has 126 valence electrons. The van der Waals surface area contributed by atoms with Crippen molar-refractivity contribution in [3.8, 4) is 17.2 Å². The van der Waals surface area contributed by atoms with Gasteiger partial charge in [-0.25, -0.2) is 4.79 Å². The predicted octanol–water partition coefficient (Wildman–Crippen LogP) is 4.48. The van der Waals surface area contributed by atoms with Crippen LogP contribution in [0.4, 0.5) is 0 Å². The topological polar surface area (TPSA) is 44.8 Å². The number of carbonyl (C=O) groups excluding carboxylic acids is 1. The smallest absolute Gasteiger partial charge is 0.336 e. The lowest BCUT2D eigenvalue weighted by molar-refractivity contribution is -0.128. The first-order valence-corrected chi connectivity index (χ1v) is 7.80. The second-order valence-electron chi connectivity index (χ2n) is 5.40. The van der Waals surface area contributed by atoms with Crippen molar-refractivity contribution in [3.63, 3.8) is 0 Å². The van der Waals surface area contributed by atoms with Crippen LogP contribution in [-0.2, 0) is 4.79 Å². The highest BCUT2D eigenvalue weighted by atomic mass is 16.5. The monoisotopic (exact) mass is 334 g/mol. The van der Waals surface area contributed by atoms with Crippen molar-refractivity contribution >= 4 is 22.8 Å². The molecule has 0 N–H and O–H groups in total. The van der Waals surface area contributed by atoms with Gasteiger partial charge in [-0.3, -0.25) is 0 Å². The standard InChI is InChI=1S/C21H18O4/c1-23-18-8-10-19(11-9-18)25-21(22)12-4-15-3-5-17-14-20(24-2)7-6-16(17)13-15/h3-14H,1-2H3/b12-4-. The number of rotatable bonds is 5. The van der Waals surface area contributed by atoms with Crippen molar-refractivity contribution in [2.45, 2.75) is 0 Å². The molecule has 3 aromatic carbocycles. The van der Waals surface area contributed by atoms with Crippen LogP contribution in [0, 0.1) is 0 Å². The van der Waals surface area contributed by atoms with E-state index in [0.29, 0.717) is 11.5 Å². The number of benzene rings is 3. The fraction of sp³-hybridized carbons (Fsp3) is 0.0952. The lowest BCUT2D eigenvalue weighted by Gasteiger charge is -2.04. The molecule has 0 aliphatic carbocycles. The minimum atomic E-state index is -0.431. The predicted molar refractivity (Wildman–Crippen MR) is 98.2 cm³/mol. The second-order valence-corrected chi connectivity index (χ2v) is 5.40. The van der Waals surface area contributed by atoms with E-state index in [2.05, 4.69) is 0 Å². The van der Waals surface area contributed by atoms with Crippen LogP contribution in [0.3, 0.4) is 0 Å². The average Bonchev–Trinajstić information content (AvgIpc) is 2.66. The minimum Gasteiger partial charge on any atom is -0.497 e. The summed E-state index contributed by atoms with van der Waals surface area (Å²) in [6.45, 7) is 0. The zero-order chi connectivity index (χ0) is 17.6. The highest BCUT2D eigenvalue weighted by Gasteiger charge is 2.02. The highest BCUT2D eigenvalue weighted by Crippen LogP contribution is 2.22. The first-order chi connectivity index (χ1) is 12.2. The SMILES string of the molecule is COc1ccc(OC(=O)/C=C\c2ccc3cc(OC)ccc3c2)cc1. The van der Waals surface area contributed by atoms with Gasteiger partial charge in [0.1, 0.15) is 17.2 Å². The summed E-state index contributed by atoms with van der Waals surface area (Å²) in [5, 5.41) is 2.16. The second kappa shape index (κ2) is 7.53. The van der Waals surface area contributed by atoms with E-state index in [1.54, 1.807) is 44.6 Å². The van der Waals surface area contributed by atoms with Gasteiger partial charge in [0, 0.05) is 6.08 Å². The van der Waals surface area contributed by atoms with E-state index < -0.39 is 5.97 Å². The van der Waals surface area contributed by atoms with E-state index in [0.717, 1.165) is 22.1 Å². The Morgan fingerprint density at radius 3 is 2.08 bits per heavy atom. The molecule has 0 fully saturated rings. The lowest BCUT2D eigenvalue weighted by atomic mass is 10.1. The van der Waals surface area contributed by atoms with E-state index in [9.17, 15) is 4.79 Å². The van der Waals surface area contributed by atoms with Crippen LogP contribution in [0.5, 0.6) is 17.2 Å². The van der Waals surface area contributed by atoms with Crippen LogP contribution in [0.1, 0.15) is 5.56 Å². The van der Waals surface area contributed by atoms with Crippen LogP contribution in [0.2, 0.25) is 0 Å². The van der Waals surface area contributed by atoms with Crippen molar-refractivity contribution in [3.05, 3.63) is 72.3 Å². The Labute approximate surface area is 146 Å². The minimum absolute atomic E-state index is 0.431. The van der Waals surface area contributed by atoms with Gasteiger partial charge in [-0.05, 0) is 64.9 Å². The molecule has 25 heavy (non-hydrogen) atoms. The third kappa shape index (κ3) is 4.18. The normalized spacial score (nSPS) is 10.8. The molecule has 0 heterocycles. The summed E-state index contributed by atoms with van der Waals surface area (Å²) in [6, 6.07) is 18.7. The molecule has 0 amide bonds. The van der Waals surface area contributed by atoms with Gasteiger partial charge in [-0.15, -0.1) is 0 Å². The number of hydrogen-bond acceptors (Lipinski definition) is 4. The number of carbonyl (C=O) groups is 1. The molecule has 3 rings (SSSR count). The molecule has 3 aromatic rings. The van der Waals surface area contributed by atoms with E-state index >= 15 is 0 Å². The third-order valence-corrected chi connectivity index (χ3v) is 3.76. The molecule has 0 spiro atoms. The Morgan fingerprint density at radius 2 is 1.36 bits per heavy atom. The molecule has 0 saturated heterocycles. The van der Waals surface area contributed by atoms with Gasteiger partial charge >= 0.3 is 5.97 Å². The molecule has 0 aliphatic rings. The molecule has 4 heteroatoms. The summed E-state index contributed by atoms with van der Waals surface area (Å²) in [5.41, 5.74) is 0.921. The van der Waals surface area contributed by atoms with Crippen LogP contribution in [0.15, 0.2) is 66.7 Å². The quantitative estimate of drug-likeness (QED) is 0.392.